The van der Waals surface area contributed by atoms with Crippen LogP contribution in [0.3, 0.4) is 0 Å². The quantitative estimate of drug-likeness (QED) is 0.641. The first kappa shape index (κ1) is 9.97. The van der Waals surface area contributed by atoms with Crippen molar-refractivity contribution in [1.29, 1.82) is 0 Å². The van der Waals surface area contributed by atoms with Gasteiger partial charge < -0.3 is 10.0 Å². The van der Waals surface area contributed by atoms with Gasteiger partial charge in [0.05, 0.1) is 6.10 Å². The van der Waals surface area contributed by atoms with Crippen molar-refractivity contribution in [3.05, 3.63) is 0 Å². The second-order valence-corrected chi connectivity index (χ2v) is 4.59. The van der Waals surface area contributed by atoms with Crippen LogP contribution < -0.4 is 0 Å². The third-order valence-corrected chi connectivity index (χ3v) is 3.38. The van der Waals surface area contributed by atoms with Crippen LogP contribution in [0.15, 0.2) is 0 Å². The molecule has 1 aliphatic heterocycles. The largest absolute Gasteiger partial charge is 0.389 e. The van der Waals surface area contributed by atoms with E-state index >= 15 is 0 Å². The molecule has 1 saturated carbocycles. The Morgan fingerprint density at radius 2 is 1.64 bits per heavy atom. The molecule has 3 nitrogen and oxygen atoms in total. The summed E-state index contributed by atoms with van der Waals surface area (Å²) in [4.78, 5) is 13.7. The first-order valence-corrected chi connectivity index (χ1v) is 5.74. The van der Waals surface area contributed by atoms with Gasteiger partial charge in [0.2, 0.25) is 5.91 Å². The van der Waals surface area contributed by atoms with Crippen LogP contribution in [0.2, 0.25) is 0 Å². The van der Waals surface area contributed by atoms with Gasteiger partial charge in [-0.25, -0.2) is 0 Å². The summed E-state index contributed by atoms with van der Waals surface area (Å²) >= 11 is 0. The summed E-state index contributed by atoms with van der Waals surface area (Å²) in [5, 5.41) is 9.13. The highest BCUT2D eigenvalue weighted by Gasteiger charge is 2.33. The molecule has 1 saturated heterocycles. The van der Waals surface area contributed by atoms with Gasteiger partial charge in [-0.1, -0.05) is 25.7 Å². The van der Waals surface area contributed by atoms with Crippen molar-refractivity contribution in [2.24, 2.45) is 5.92 Å². The molecule has 0 aromatic heterocycles. The monoisotopic (exact) mass is 197 g/mol. The molecule has 0 atom stereocenters. The Morgan fingerprint density at radius 1 is 1.07 bits per heavy atom. The van der Waals surface area contributed by atoms with E-state index in [1.165, 1.54) is 25.7 Å². The van der Waals surface area contributed by atoms with Crippen LogP contribution in [0.5, 0.6) is 0 Å². The maximum atomic E-state index is 11.9. The van der Waals surface area contributed by atoms with Crippen molar-refractivity contribution in [3.63, 3.8) is 0 Å². The SMILES string of the molecule is O=C(C1CCCCCC1)N1CC(O)C1. The summed E-state index contributed by atoms with van der Waals surface area (Å²) in [6.07, 6.45) is 6.83. The number of β-amino-alcohol motifs (C(OH)–C–C–N with tert-alkyl or cyclic N) is 1. The Balaban J connectivity index is 1.83. The molecule has 1 N–H and O–H groups in total. The number of rotatable bonds is 1. The number of hydrogen-bond donors (Lipinski definition) is 1. The van der Waals surface area contributed by atoms with Crippen molar-refractivity contribution in [3.8, 4) is 0 Å². The van der Waals surface area contributed by atoms with Gasteiger partial charge in [0.15, 0.2) is 0 Å². The Bertz CT molecular complexity index is 203. The average Bonchev–Trinajstić information content (AvgIpc) is 2.40. The Kier molecular flexibility index (Phi) is 3.06. The van der Waals surface area contributed by atoms with Gasteiger partial charge >= 0.3 is 0 Å². The van der Waals surface area contributed by atoms with Crippen molar-refractivity contribution in [2.45, 2.75) is 44.6 Å². The summed E-state index contributed by atoms with van der Waals surface area (Å²) in [6, 6.07) is 0. The molecular weight excluding hydrogens is 178 g/mol. The van der Waals surface area contributed by atoms with Gasteiger partial charge in [0.1, 0.15) is 0 Å². The van der Waals surface area contributed by atoms with E-state index in [-0.39, 0.29) is 17.9 Å². The molecule has 0 radical (unpaired) electrons. The van der Waals surface area contributed by atoms with Crippen molar-refractivity contribution in [2.75, 3.05) is 13.1 Å². The zero-order valence-electron chi connectivity index (χ0n) is 8.61. The molecule has 0 aromatic carbocycles. The van der Waals surface area contributed by atoms with Crippen LogP contribution in [0.1, 0.15) is 38.5 Å². The molecule has 0 aromatic rings. The lowest BCUT2D eigenvalue weighted by Gasteiger charge is -2.38. The summed E-state index contributed by atoms with van der Waals surface area (Å²) in [7, 11) is 0. The second-order valence-electron chi connectivity index (χ2n) is 4.59. The number of carbonyl (C=O) groups is 1. The van der Waals surface area contributed by atoms with Crippen LogP contribution in [-0.2, 0) is 4.79 Å². The van der Waals surface area contributed by atoms with Crippen LogP contribution in [0.25, 0.3) is 0 Å². The van der Waals surface area contributed by atoms with E-state index in [9.17, 15) is 4.79 Å². The molecule has 1 aliphatic carbocycles. The number of carbonyl (C=O) groups excluding carboxylic acids is 1. The highest BCUT2D eigenvalue weighted by Crippen LogP contribution is 2.26. The van der Waals surface area contributed by atoms with Crippen molar-refractivity contribution >= 4 is 5.91 Å². The fraction of sp³-hybridized carbons (Fsp3) is 0.909. The van der Waals surface area contributed by atoms with Gasteiger partial charge in [-0.2, -0.15) is 0 Å². The number of amides is 1. The van der Waals surface area contributed by atoms with E-state index in [1.54, 1.807) is 4.90 Å². The third kappa shape index (κ3) is 2.08. The summed E-state index contributed by atoms with van der Waals surface area (Å²) in [6.45, 7) is 1.13. The Morgan fingerprint density at radius 3 is 2.14 bits per heavy atom. The lowest BCUT2D eigenvalue weighted by atomic mass is 9.97. The average molecular weight is 197 g/mol. The summed E-state index contributed by atoms with van der Waals surface area (Å²) < 4.78 is 0. The van der Waals surface area contributed by atoms with E-state index in [0.717, 1.165) is 12.8 Å². The van der Waals surface area contributed by atoms with Crippen LogP contribution >= 0.6 is 0 Å². The van der Waals surface area contributed by atoms with Crippen molar-refractivity contribution in [1.82, 2.24) is 4.90 Å². The Labute approximate surface area is 85.1 Å². The van der Waals surface area contributed by atoms with E-state index in [0.29, 0.717) is 13.1 Å². The number of hydrogen-bond acceptors (Lipinski definition) is 2. The molecule has 1 amide bonds. The van der Waals surface area contributed by atoms with E-state index < -0.39 is 0 Å². The minimum Gasteiger partial charge on any atom is -0.389 e. The summed E-state index contributed by atoms with van der Waals surface area (Å²) in [5.41, 5.74) is 0. The fourth-order valence-electron chi connectivity index (χ4n) is 2.42. The molecule has 2 rings (SSSR count). The van der Waals surface area contributed by atoms with Crippen LogP contribution in [-0.4, -0.2) is 35.1 Å². The number of aliphatic hydroxyl groups is 1. The van der Waals surface area contributed by atoms with Crippen LogP contribution in [0.4, 0.5) is 0 Å². The minimum atomic E-state index is -0.260. The first-order chi connectivity index (χ1) is 6.77. The fourth-order valence-corrected chi connectivity index (χ4v) is 2.42. The Hall–Kier alpha value is -0.570. The maximum Gasteiger partial charge on any atom is 0.225 e. The normalized spacial score (nSPS) is 25.6. The van der Waals surface area contributed by atoms with Crippen LogP contribution in [0, 0.1) is 5.92 Å². The first-order valence-electron chi connectivity index (χ1n) is 5.74. The molecule has 0 unspecified atom stereocenters. The third-order valence-electron chi connectivity index (χ3n) is 3.38. The predicted octanol–water partition coefficient (Wildman–Crippen LogP) is 1.16. The topological polar surface area (TPSA) is 40.5 Å². The molecule has 1 heterocycles. The molecule has 2 aliphatic rings. The molecule has 3 heteroatoms. The zero-order valence-corrected chi connectivity index (χ0v) is 8.61. The predicted molar refractivity (Wildman–Crippen MR) is 53.8 cm³/mol. The maximum absolute atomic E-state index is 11.9. The number of aliphatic hydroxyl groups excluding tert-OH is 1. The van der Waals surface area contributed by atoms with Crippen molar-refractivity contribution < 1.29 is 9.90 Å². The van der Waals surface area contributed by atoms with Gasteiger partial charge in [-0.15, -0.1) is 0 Å². The van der Waals surface area contributed by atoms with E-state index in [2.05, 4.69) is 0 Å². The highest BCUT2D eigenvalue weighted by atomic mass is 16.3. The standard InChI is InChI=1S/C11H19NO2/c13-10-7-12(8-10)11(14)9-5-3-1-2-4-6-9/h9-10,13H,1-8H2. The molecule has 0 spiro atoms. The molecular formula is C11H19NO2. The zero-order chi connectivity index (χ0) is 9.97. The van der Waals surface area contributed by atoms with E-state index in [4.69, 9.17) is 5.11 Å². The van der Waals surface area contributed by atoms with E-state index in [1.807, 2.05) is 0 Å². The molecule has 14 heavy (non-hydrogen) atoms. The molecule has 80 valence electrons. The number of likely N-dealkylation sites (tertiary alicyclic amines) is 1. The second kappa shape index (κ2) is 4.30. The van der Waals surface area contributed by atoms with Gasteiger partial charge in [0.25, 0.3) is 0 Å². The lowest BCUT2D eigenvalue weighted by molar-refractivity contribution is -0.146. The molecule has 0 bridgehead atoms. The highest BCUT2D eigenvalue weighted by molar-refractivity contribution is 5.79. The number of nitrogens with zero attached hydrogens (tertiary/aromatic N) is 1. The van der Waals surface area contributed by atoms with Gasteiger partial charge in [0, 0.05) is 19.0 Å². The smallest absolute Gasteiger partial charge is 0.225 e. The lowest BCUT2D eigenvalue weighted by Crippen LogP contribution is -2.55. The molecule has 2 fully saturated rings. The van der Waals surface area contributed by atoms with Gasteiger partial charge in [-0.3, -0.25) is 4.79 Å². The van der Waals surface area contributed by atoms with Gasteiger partial charge in [-0.05, 0) is 12.8 Å². The summed E-state index contributed by atoms with van der Waals surface area (Å²) in [5.74, 6) is 0.544. The minimum absolute atomic E-state index is 0.255.